The van der Waals surface area contributed by atoms with Crippen LogP contribution in [0.3, 0.4) is 0 Å². The normalized spacial score (nSPS) is 16.3. The molecule has 0 bridgehead atoms. The molecule has 3 rings (SSSR count). The highest BCUT2D eigenvalue weighted by Gasteiger charge is 2.18. The first-order valence-corrected chi connectivity index (χ1v) is 10.4. The van der Waals surface area contributed by atoms with Gasteiger partial charge in [0.1, 0.15) is 17.6 Å². The molecule has 0 saturated carbocycles. The van der Waals surface area contributed by atoms with Crippen LogP contribution in [0.25, 0.3) is 0 Å². The van der Waals surface area contributed by atoms with E-state index < -0.39 is 6.10 Å². The molecule has 1 heterocycles. The van der Waals surface area contributed by atoms with E-state index in [1.807, 2.05) is 56.3 Å². The van der Waals surface area contributed by atoms with E-state index in [1.54, 1.807) is 6.92 Å². The summed E-state index contributed by atoms with van der Waals surface area (Å²) >= 11 is 0. The highest BCUT2D eigenvalue weighted by molar-refractivity contribution is 5.80. The number of aryl methyl sites for hydroxylation is 2. The van der Waals surface area contributed by atoms with Gasteiger partial charge in [-0.3, -0.25) is 4.79 Å². The monoisotopic (exact) mass is 396 g/mol. The zero-order chi connectivity index (χ0) is 20.8. The molecule has 1 saturated heterocycles. The molecule has 0 aromatic heterocycles. The van der Waals surface area contributed by atoms with Crippen LogP contribution in [0.5, 0.6) is 11.5 Å². The Balaban J connectivity index is 1.46. The molecule has 2 aromatic carbocycles. The van der Waals surface area contributed by atoms with Gasteiger partial charge in [0.2, 0.25) is 0 Å². The fourth-order valence-corrected chi connectivity index (χ4v) is 3.39. The van der Waals surface area contributed by atoms with Crippen molar-refractivity contribution in [2.24, 2.45) is 0 Å². The van der Waals surface area contributed by atoms with Gasteiger partial charge in [0, 0.05) is 19.6 Å². The Kier molecular flexibility index (Phi) is 7.15. The summed E-state index contributed by atoms with van der Waals surface area (Å²) < 4.78 is 11.9. The van der Waals surface area contributed by atoms with Crippen LogP contribution in [-0.2, 0) is 11.3 Å². The highest BCUT2D eigenvalue weighted by atomic mass is 16.5. The van der Waals surface area contributed by atoms with Crippen molar-refractivity contribution in [3.05, 3.63) is 59.2 Å². The van der Waals surface area contributed by atoms with Crippen molar-refractivity contribution in [1.29, 1.82) is 0 Å². The number of hydrogen-bond donors (Lipinski definition) is 1. The summed E-state index contributed by atoms with van der Waals surface area (Å²) in [5, 5.41) is 2.95. The molecule has 1 amide bonds. The second-order valence-electron chi connectivity index (χ2n) is 8.01. The summed E-state index contributed by atoms with van der Waals surface area (Å²) in [7, 11) is 2.15. The number of carbonyl (C=O) groups is 1. The minimum atomic E-state index is -0.553. The maximum Gasteiger partial charge on any atom is 0.261 e. The van der Waals surface area contributed by atoms with Crippen molar-refractivity contribution in [1.82, 2.24) is 10.2 Å². The van der Waals surface area contributed by atoms with Crippen LogP contribution < -0.4 is 14.8 Å². The van der Waals surface area contributed by atoms with Crippen molar-refractivity contribution in [2.75, 3.05) is 20.1 Å². The van der Waals surface area contributed by atoms with Crippen molar-refractivity contribution >= 4 is 5.91 Å². The first-order chi connectivity index (χ1) is 13.9. The summed E-state index contributed by atoms with van der Waals surface area (Å²) in [6.07, 6.45) is 1.86. The van der Waals surface area contributed by atoms with Gasteiger partial charge in [0.25, 0.3) is 5.91 Å². The molecule has 29 heavy (non-hydrogen) atoms. The number of likely N-dealkylation sites (tertiary alicyclic amines) is 1. The maximum absolute atomic E-state index is 12.4. The third kappa shape index (κ3) is 6.23. The van der Waals surface area contributed by atoms with Gasteiger partial charge in [0.05, 0.1) is 0 Å². The zero-order valence-electron chi connectivity index (χ0n) is 17.9. The number of amides is 1. The van der Waals surface area contributed by atoms with Crippen molar-refractivity contribution in [2.45, 2.75) is 52.4 Å². The fourth-order valence-electron chi connectivity index (χ4n) is 3.39. The van der Waals surface area contributed by atoms with E-state index in [2.05, 4.69) is 17.3 Å². The molecule has 0 spiro atoms. The molecule has 1 fully saturated rings. The predicted molar refractivity (Wildman–Crippen MR) is 115 cm³/mol. The molecule has 1 N–H and O–H groups in total. The van der Waals surface area contributed by atoms with Gasteiger partial charge in [-0.15, -0.1) is 0 Å². The van der Waals surface area contributed by atoms with Crippen molar-refractivity contribution < 1.29 is 14.3 Å². The molecule has 0 unspecified atom stereocenters. The molecule has 1 aliphatic heterocycles. The lowest BCUT2D eigenvalue weighted by Crippen LogP contribution is -2.36. The van der Waals surface area contributed by atoms with Crippen LogP contribution in [-0.4, -0.2) is 43.2 Å². The average molecular weight is 397 g/mol. The van der Waals surface area contributed by atoms with Gasteiger partial charge >= 0.3 is 0 Å². The van der Waals surface area contributed by atoms with Crippen LogP contribution >= 0.6 is 0 Å². The summed E-state index contributed by atoms with van der Waals surface area (Å²) in [6.45, 7) is 8.39. The van der Waals surface area contributed by atoms with Crippen LogP contribution in [0.1, 0.15) is 36.5 Å². The third-order valence-electron chi connectivity index (χ3n) is 5.38. The number of nitrogens with one attached hydrogen (secondary N) is 1. The summed E-state index contributed by atoms with van der Waals surface area (Å²) in [5.41, 5.74) is 3.17. The van der Waals surface area contributed by atoms with E-state index in [9.17, 15) is 4.79 Å². The Morgan fingerprint density at radius 2 is 1.83 bits per heavy atom. The summed E-state index contributed by atoms with van der Waals surface area (Å²) in [6, 6.07) is 14.0. The number of ether oxygens (including phenoxy) is 2. The molecule has 5 nitrogen and oxygen atoms in total. The van der Waals surface area contributed by atoms with E-state index in [4.69, 9.17) is 9.47 Å². The molecule has 1 atom stereocenters. The molecule has 0 radical (unpaired) electrons. The smallest absolute Gasteiger partial charge is 0.261 e. The standard InChI is InChI=1S/C24H32N2O3/c1-17-5-6-18(2)23(15-17)28-19(3)24(27)25-16-20-7-9-21(10-8-20)29-22-11-13-26(4)14-12-22/h5-10,15,19,22H,11-14,16H2,1-4H3,(H,25,27)/t19-/m0/s1. The first-order valence-electron chi connectivity index (χ1n) is 10.4. The number of nitrogens with zero attached hydrogens (tertiary/aromatic N) is 1. The summed E-state index contributed by atoms with van der Waals surface area (Å²) in [4.78, 5) is 14.7. The van der Waals surface area contributed by atoms with Gasteiger partial charge < -0.3 is 19.7 Å². The average Bonchev–Trinajstić information content (AvgIpc) is 2.71. The van der Waals surface area contributed by atoms with E-state index >= 15 is 0 Å². The van der Waals surface area contributed by atoms with Gasteiger partial charge in [-0.2, -0.15) is 0 Å². The predicted octanol–water partition coefficient (Wildman–Crippen LogP) is 3.86. The Bertz CT molecular complexity index is 811. The van der Waals surface area contributed by atoms with Crippen LogP contribution in [0, 0.1) is 13.8 Å². The van der Waals surface area contributed by atoms with Crippen LogP contribution in [0.4, 0.5) is 0 Å². The Morgan fingerprint density at radius 3 is 2.52 bits per heavy atom. The minimum Gasteiger partial charge on any atom is -0.490 e. The van der Waals surface area contributed by atoms with E-state index in [-0.39, 0.29) is 5.91 Å². The Labute approximate surface area is 174 Å². The molecule has 156 valence electrons. The molecule has 5 heteroatoms. The van der Waals surface area contributed by atoms with Gasteiger partial charge in [-0.25, -0.2) is 0 Å². The Morgan fingerprint density at radius 1 is 1.14 bits per heavy atom. The third-order valence-corrected chi connectivity index (χ3v) is 5.38. The largest absolute Gasteiger partial charge is 0.490 e. The quantitative estimate of drug-likeness (QED) is 0.772. The molecule has 0 aliphatic carbocycles. The minimum absolute atomic E-state index is 0.127. The maximum atomic E-state index is 12.4. The molecular weight excluding hydrogens is 364 g/mol. The Hall–Kier alpha value is -2.53. The van der Waals surface area contributed by atoms with Crippen molar-refractivity contribution in [3.63, 3.8) is 0 Å². The number of hydrogen-bond acceptors (Lipinski definition) is 4. The molecule has 2 aromatic rings. The van der Waals surface area contributed by atoms with Crippen LogP contribution in [0.15, 0.2) is 42.5 Å². The second-order valence-corrected chi connectivity index (χ2v) is 8.01. The van der Waals surface area contributed by atoms with Crippen LogP contribution in [0.2, 0.25) is 0 Å². The number of piperidine rings is 1. The number of benzene rings is 2. The topological polar surface area (TPSA) is 50.8 Å². The lowest BCUT2D eigenvalue weighted by Gasteiger charge is -2.29. The number of carbonyl (C=O) groups excluding carboxylic acids is 1. The van der Waals surface area contributed by atoms with E-state index in [0.29, 0.717) is 12.6 Å². The SMILES string of the molecule is Cc1ccc(C)c(O[C@@H](C)C(=O)NCc2ccc(OC3CCN(C)CC3)cc2)c1. The molecular formula is C24H32N2O3. The first kappa shape index (κ1) is 21.2. The van der Waals surface area contributed by atoms with E-state index in [1.165, 1.54) is 0 Å². The van der Waals surface area contributed by atoms with E-state index in [0.717, 1.165) is 54.1 Å². The highest BCUT2D eigenvalue weighted by Crippen LogP contribution is 2.21. The summed E-state index contributed by atoms with van der Waals surface area (Å²) in [5.74, 6) is 1.52. The number of rotatable bonds is 7. The lowest BCUT2D eigenvalue weighted by molar-refractivity contribution is -0.127. The lowest BCUT2D eigenvalue weighted by atomic mass is 10.1. The zero-order valence-corrected chi connectivity index (χ0v) is 17.9. The van der Waals surface area contributed by atoms with Gasteiger partial charge in [0.15, 0.2) is 6.10 Å². The second kappa shape index (κ2) is 9.79. The fraction of sp³-hybridized carbons (Fsp3) is 0.458. The van der Waals surface area contributed by atoms with Crippen molar-refractivity contribution in [3.8, 4) is 11.5 Å². The molecule has 1 aliphatic rings. The van der Waals surface area contributed by atoms with Gasteiger partial charge in [-0.1, -0.05) is 24.3 Å². The van der Waals surface area contributed by atoms with Gasteiger partial charge in [-0.05, 0) is 75.5 Å².